The Kier molecular flexibility index (Phi) is 4.59. The Morgan fingerprint density at radius 3 is 2.94 bits per heavy atom. The van der Waals surface area contributed by atoms with Gasteiger partial charge in [-0.3, -0.25) is 0 Å². The maximum Gasteiger partial charge on any atom is 0.371 e. The van der Waals surface area contributed by atoms with Crippen molar-refractivity contribution in [2.24, 2.45) is 0 Å². The van der Waals surface area contributed by atoms with Gasteiger partial charge in [0.2, 0.25) is 5.76 Å². The van der Waals surface area contributed by atoms with Crippen molar-refractivity contribution < 1.29 is 14.3 Å². The Morgan fingerprint density at radius 1 is 1.39 bits per heavy atom. The molecule has 1 aromatic rings. The molecule has 0 saturated heterocycles. The highest BCUT2D eigenvalue weighted by Gasteiger charge is 2.08. The number of allylic oxidation sites excluding steroid dienone is 1. The van der Waals surface area contributed by atoms with Crippen LogP contribution in [-0.4, -0.2) is 17.6 Å². The molecule has 18 heavy (non-hydrogen) atoms. The van der Waals surface area contributed by atoms with Crippen molar-refractivity contribution in [3.8, 4) is 0 Å². The Bertz CT molecular complexity index is 434. The first-order valence-electron chi connectivity index (χ1n) is 6.46. The predicted molar refractivity (Wildman–Crippen MR) is 68.5 cm³/mol. The van der Waals surface area contributed by atoms with Gasteiger partial charge in [-0.2, -0.15) is 0 Å². The van der Waals surface area contributed by atoms with Gasteiger partial charge in [0, 0.05) is 0 Å². The zero-order chi connectivity index (χ0) is 12.8. The van der Waals surface area contributed by atoms with Crippen LogP contribution in [0.25, 0.3) is 0 Å². The maximum absolute atomic E-state index is 10.6. The van der Waals surface area contributed by atoms with Crippen LogP contribution in [-0.2, 0) is 6.54 Å². The van der Waals surface area contributed by atoms with Gasteiger partial charge in [0.05, 0.1) is 6.54 Å². The Labute approximate surface area is 107 Å². The lowest BCUT2D eigenvalue weighted by Gasteiger charge is -2.12. The largest absolute Gasteiger partial charge is 0.475 e. The van der Waals surface area contributed by atoms with E-state index in [9.17, 15) is 4.79 Å². The SMILES string of the molecule is O=C(O)c1ccc(CNCCC2=CCCCC2)o1. The van der Waals surface area contributed by atoms with Gasteiger partial charge in [-0.15, -0.1) is 0 Å². The normalized spacial score (nSPS) is 15.4. The van der Waals surface area contributed by atoms with Crippen molar-refractivity contribution in [3.63, 3.8) is 0 Å². The summed E-state index contributed by atoms with van der Waals surface area (Å²) >= 11 is 0. The third-order valence-electron chi connectivity index (χ3n) is 3.18. The summed E-state index contributed by atoms with van der Waals surface area (Å²) in [7, 11) is 0. The lowest BCUT2D eigenvalue weighted by Crippen LogP contribution is -2.15. The van der Waals surface area contributed by atoms with Crippen LogP contribution >= 0.6 is 0 Å². The summed E-state index contributed by atoms with van der Waals surface area (Å²) in [6.07, 6.45) is 8.50. The fraction of sp³-hybridized carbons (Fsp3) is 0.500. The second-order valence-corrected chi connectivity index (χ2v) is 4.61. The average Bonchev–Trinajstić information content (AvgIpc) is 2.85. The number of carboxylic acids is 1. The molecule has 0 radical (unpaired) electrons. The van der Waals surface area contributed by atoms with E-state index in [1.807, 2.05) is 0 Å². The van der Waals surface area contributed by atoms with E-state index in [0.717, 1.165) is 13.0 Å². The molecule has 1 aliphatic rings. The van der Waals surface area contributed by atoms with E-state index in [1.165, 1.54) is 31.7 Å². The van der Waals surface area contributed by atoms with Gasteiger partial charge < -0.3 is 14.8 Å². The first kappa shape index (κ1) is 12.9. The molecule has 0 atom stereocenters. The molecule has 1 aliphatic carbocycles. The van der Waals surface area contributed by atoms with Crippen LogP contribution in [0.15, 0.2) is 28.2 Å². The van der Waals surface area contributed by atoms with Gasteiger partial charge in [-0.25, -0.2) is 4.79 Å². The molecule has 0 aromatic carbocycles. The van der Waals surface area contributed by atoms with Gasteiger partial charge in [0.1, 0.15) is 5.76 Å². The van der Waals surface area contributed by atoms with Crippen molar-refractivity contribution in [1.82, 2.24) is 5.32 Å². The molecule has 0 aliphatic heterocycles. The molecule has 0 spiro atoms. The summed E-state index contributed by atoms with van der Waals surface area (Å²) in [6, 6.07) is 3.19. The molecular weight excluding hydrogens is 230 g/mol. The van der Waals surface area contributed by atoms with E-state index in [0.29, 0.717) is 12.3 Å². The number of carboxylic acid groups (broad SMARTS) is 1. The molecular formula is C14H19NO3. The first-order chi connectivity index (χ1) is 8.75. The van der Waals surface area contributed by atoms with E-state index in [1.54, 1.807) is 11.6 Å². The molecule has 0 bridgehead atoms. The Balaban J connectivity index is 1.68. The maximum atomic E-state index is 10.6. The monoisotopic (exact) mass is 249 g/mol. The number of carbonyl (C=O) groups is 1. The molecule has 0 saturated carbocycles. The predicted octanol–water partition coefficient (Wildman–Crippen LogP) is 2.96. The van der Waals surface area contributed by atoms with Crippen LogP contribution in [0.2, 0.25) is 0 Å². The van der Waals surface area contributed by atoms with Crippen LogP contribution in [0.5, 0.6) is 0 Å². The fourth-order valence-corrected chi connectivity index (χ4v) is 2.18. The van der Waals surface area contributed by atoms with E-state index in [-0.39, 0.29) is 5.76 Å². The minimum atomic E-state index is -1.02. The van der Waals surface area contributed by atoms with Crippen molar-refractivity contribution in [2.45, 2.75) is 38.6 Å². The van der Waals surface area contributed by atoms with Crippen LogP contribution in [0.4, 0.5) is 0 Å². The highest BCUT2D eigenvalue weighted by Crippen LogP contribution is 2.19. The molecule has 98 valence electrons. The Morgan fingerprint density at radius 2 is 2.28 bits per heavy atom. The number of furan rings is 1. The number of rotatable bonds is 6. The van der Waals surface area contributed by atoms with Gasteiger partial charge in [-0.1, -0.05) is 11.6 Å². The van der Waals surface area contributed by atoms with Crippen molar-refractivity contribution >= 4 is 5.97 Å². The third kappa shape index (κ3) is 3.74. The molecule has 0 unspecified atom stereocenters. The summed E-state index contributed by atoms with van der Waals surface area (Å²) in [6.45, 7) is 1.50. The summed E-state index contributed by atoms with van der Waals surface area (Å²) in [4.78, 5) is 10.6. The highest BCUT2D eigenvalue weighted by molar-refractivity contribution is 5.84. The van der Waals surface area contributed by atoms with Crippen molar-refractivity contribution in [2.75, 3.05) is 6.54 Å². The average molecular weight is 249 g/mol. The number of hydrogen-bond donors (Lipinski definition) is 2. The van der Waals surface area contributed by atoms with Crippen LogP contribution in [0.3, 0.4) is 0 Å². The van der Waals surface area contributed by atoms with Crippen LogP contribution in [0, 0.1) is 0 Å². The molecule has 1 aromatic heterocycles. The zero-order valence-electron chi connectivity index (χ0n) is 10.4. The van der Waals surface area contributed by atoms with E-state index >= 15 is 0 Å². The summed E-state index contributed by atoms with van der Waals surface area (Å²) in [5, 5.41) is 12.0. The summed E-state index contributed by atoms with van der Waals surface area (Å²) in [5.41, 5.74) is 1.54. The highest BCUT2D eigenvalue weighted by atomic mass is 16.4. The summed E-state index contributed by atoms with van der Waals surface area (Å²) in [5.74, 6) is -0.347. The number of aromatic carboxylic acids is 1. The molecule has 0 fully saturated rings. The molecule has 4 nitrogen and oxygen atoms in total. The second kappa shape index (κ2) is 6.40. The van der Waals surface area contributed by atoms with Crippen LogP contribution < -0.4 is 5.32 Å². The molecule has 0 amide bonds. The van der Waals surface area contributed by atoms with E-state index in [4.69, 9.17) is 9.52 Å². The molecule has 2 N–H and O–H groups in total. The van der Waals surface area contributed by atoms with Gasteiger partial charge in [0.15, 0.2) is 0 Å². The topological polar surface area (TPSA) is 62.5 Å². The Hall–Kier alpha value is -1.55. The standard InChI is InChI=1S/C14H19NO3/c16-14(17)13-7-6-12(18-13)10-15-9-8-11-4-2-1-3-5-11/h4,6-7,15H,1-3,5,8-10H2,(H,16,17). The van der Waals surface area contributed by atoms with Gasteiger partial charge in [-0.05, 0) is 50.8 Å². The number of nitrogens with one attached hydrogen (secondary N) is 1. The second-order valence-electron chi connectivity index (χ2n) is 4.61. The third-order valence-corrected chi connectivity index (χ3v) is 3.18. The smallest absolute Gasteiger partial charge is 0.371 e. The summed E-state index contributed by atoms with van der Waals surface area (Å²) < 4.78 is 5.16. The molecule has 1 heterocycles. The van der Waals surface area contributed by atoms with Crippen molar-refractivity contribution in [3.05, 3.63) is 35.3 Å². The fourth-order valence-electron chi connectivity index (χ4n) is 2.18. The van der Waals surface area contributed by atoms with Gasteiger partial charge in [0.25, 0.3) is 0 Å². The van der Waals surface area contributed by atoms with Gasteiger partial charge >= 0.3 is 5.97 Å². The van der Waals surface area contributed by atoms with E-state index in [2.05, 4.69) is 11.4 Å². The quantitative estimate of drug-likeness (QED) is 0.601. The van der Waals surface area contributed by atoms with Crippen LogP contribution in [0.1, 0.15) is 48.4 Å². The van der Waals surface area contributed by atoms with Crippen molar-refractivity contribution in [1.29, 1.82) is 0 Å². The van der Waals surface area contributed by atoms with E-state index < -0.39 is 5.97 Å². The minimum absolute atomic E-state index is 0.00166. The lowest BCUT2D eigenvalue weighted by atomic mass is 9.97. The number of hydrogen-bond acceptors (Lipinski definition) is 3. The minimum Gasteiger partial charge on any atom is -0.475 e. The molecule has 2 rings (SSSR count). The lowest BCUT2D eigenvalue weighted by molar-refractivity contribution is 0.0660. The first-order valence-corrected chi connectivity index (χ1v) is 6.46. The zero-order valence-corrected chi connectivity index (χ0v) is 10.4. The molecule has 4 heteroatoms.